The molecule has 43 heavy (non-hydrogen) atoms. The van der Waals surface area contributed by atoms with Gasteiger partial charge in [-0.1, -0.05) is 42.5 Å². The largest absolute Gasteiger partial charge is 0.444 e. The van der Waals surface area contributed by atoms with E-state index in [0.717, 1.165) is 11.1 Å². The average molecular weight is 616 g/mol. The van der Waals surface area contributed by atoms with Crippen molar-refractivity contribution in [3.8, 4) is 11.3 Å². The molecule has 1 unspecified atom stereocenters. The number of thiazole rings is 1. The lowest BCUT2D eigenvalue weighted by molar-refractivity contribution is -0.121. The fourth-order valence-electron chi connectivity index (χ4n) is 5.10. The molecule has 6 rings (SSSR count). The van der Waals surface area contributed by atoms with Gasteiger partial charge in [0.15, 0.2) is 5.13 Å². The maximum Gasteiger partial charge on any atom is 0.411 e. The minimum Gasteiger partial charge on any atom is -0.444 e. The lowest BCUT2D eigenvalue weighted by atomic mass is 10.0. The summed E-state index contributed by atoms with van der Waals surface area (Å²) in [6.45, 7) is 1.16. The Kier molecular flexibility index (Phi) is 8.68. The van der Waals surface area contributed by atoms with E-state index in [1.807, 2.05) is 47.8 Å². The van der Waals surface area contributed by atoms with E-state index in [1.165, 1.54) is 11.3 Å². The second-order valence-electron chi connectivity index (χ2n) is 10.1. The monoisotopic (exact) mass is 615 g/mol. The number of rotatable bonds is 7. The number of hydrogen-bond donors (Lipinski definition) is 2. The zero-order chi connectivity index (χ0) is 29.6. The Labute approximate surface area is 256 Å². The number of hydrogen-bond acceptors (Lipinski definition) is 9. The molecule has 220 valence electrons. The second kappa shape index (κ2) is 12.9. The molecule has 4 heterocycles. The Hall–Kier alpha value is -4.26. The van der Waals surface area contributed by atoms with Crippen molar-refractivity contribution in [1.82, 2.24) is 14.9 Å². The Bertz CT molecular complexity index is 1580. The summed E-state index contributed by atoms with van der Waals surface area (Å²) in [4.78, 5) is 49.2. The highest BCUT2D eigenvalue weighted by Gasteiger charge is 2.53. The van der Waals surface area contributed by atoms with Crippen molar-refractivity contribution in [2.75, 3.05) is 29.6 Å². The number of amides is 3. The molecular weight excluding hydrogens is 587 g/mol. The third-order valence-corrected chi connectivity index (χ3v) is 9.72. The van der Waals surface area contributed by atoms with E-state index in [-0.39, 0.29) is 18.4 Å². The van der Waals surface area contributed by atoms with Crippen LogP contribution in [0.1, 0.15) is 28.8 Å². The smallest absolute Gasteiger partial charge is 0.411 e. The van der Waals surface area contributed by atoms with Crippen molar-refractivity contribution in [3.63, 3.8) is 0 Å². The van der Waals surface area contributed by atoms with Crippen LogP contribution < -0.4 is 10.6 Å². The van der Waals surface area contributed by atoms with Crippen LogP contribution in [0.3, 0.4) is 0 Å². The maximum absolute atomic E-state index is 13.6. The van der Waals surface area contributed by atoms with Gasteiger partial charge in [-0.05, 0) is 29.8 Å². The lowest BCUT2D eigenvalue weighted by Crippen LogP contribution is -2.55. The van der Waals surface area contributed by atoms with Gasteiger partial charge >= 0.3 is 6.09 Å². The molecule has 2 N–H and O–H groups in total. The first kappa shape index (κ1) is 28.8. The van der Waals surface area contributed by atoms with E-state index in [2.05, 4.69) is 20.6 Å². The third-order valence-electron chi connectivity index (χ3n) is 7.34. The van der Waals surface area contributed by atoms with Crippen LogP contribution in [0.2, 0.25) is 0 Å². The molecule has 2 aliphatic rings. The number of pyridine rings is 1. The molecule has 3 amide bonds. The number of nitrogens with one attached hydrogen (secondary N) is 2. The fraction of sp³-hybridized carbons (Fsp3) is 0.258. The van der Waals surface area contributed by atoms with Gasteiger partial charge in [0.05, 0.1) is 22.4 Å². The Balaban J connectivity index is 1.12. The zero-order valence-corrected chi connectivity index (χ0v) is 24.7. The molecule has 2 aromatic carbocycles. The van der Waals surface area contributed by atoms with Crippen molar-refractivity contribution in [1.29, 1.82) is 0 Å². The minimum atomic E-state index is -0.712. The summed E-state index contributed by atoms with van der Waals surface area (Å²) in [7, 11) is 0. The number of nitrogens with zero attached hydrogens (tertiary/aromatic N) is 3. The standard InChI is InChI=1S/C31H29N5O5S2/c37-27(33-24-7-4-14-32-17-24)23-10-8-22(9-11-23)25-19-42-29(34-25)35-28(38)26-20-43-31(12-15-40-16-13-31)36(26)30(39)41-18-21-5-2-1-3-6-21/h1-11,14,17,19,26H,12-13,15-16,18,20H2,(H,33,37)(H,34,35,38). The molecule has 2 aliphatic heterocycles. The molecule has 0 aliphatic carbocycles. The molecule has 2 aromatic heterocycles. The molecule has 12 heteroatoms. The molecule has 0 bridgehead atoms. The summed E-state index contributed by atoms with van der Waals surface area (Å²) in [6, 6.07) is 19.4. The Morgan fingerprint density at radius 3 is 2.53 bits per heavy atom. The summed E-state index contributed by atoms with van der Waals surface area (Å²) in [5.74, 6) is -0.0993. The molecule has 10 nitrogen and oxygen atoms in total. The summed E-state index contributed by atoms with van der Waals surface area (Å²) in [5, 5.41) is 7.99. The van der Waals surface area contributed by atoms with Crippen LogP contribution in [0.15, 0.2) is 84.5 Å². The van der Waals surface area contributed by atoms with Gasteiger partial charge in [-0.2, -0.15) is 0 Å². The number of benzene rings is 2. The van der Waals surface area contributed by atoms with E-state index in [4.69, 9.17) is 9.47 Å². The van der Waals surface area contributed by atoms with Crippen LogP contribution in [0.25, 0.3) is 11.3 Å². The highest BCUT2D eigenvalue weighted by Crippen LogP contribution is 2.47. The van der Waals surface area contributed by atoms with Gasteiger partial charge in [0.2, 0.25) is 5.91 Å². The van der Waals surface area contributed by atoms with Crippen molar-refractivity contribution < 1.29 is 23.9 Å². The van der Waals surface area contributed by atoms with Crippen molar-refractivity contribution in [2.24, 2.45) is 0 Å². The highest BCUT2D eigenvalue weighted by molar-refractivity contribution is 8.01. The van der Waals surface area contributed by atoms with Crippen LogP contribution in [0.5, 0.6) is 0 Å². The summed E-state index contributed by atoms with van der Waals surface area (Å²) in [5.41, 5.74) is 3.46. The van der Waals surface area contributed by atoms with E-state index in [1.54, 1.807) is 53.3 Å². The topological polar surface area (TPSA) is 123 Å². The molecular formula is C31H29N5O5S2. The van der Waals surface area contributed by atoms with Crippen molar-refractivity contribution in [3.05, 3.63) is 95.6 Å². The van der Waals surface area contributed by atoms with Gasteiger partial charge in [0, 0.05) is 54.5 Å². The first-order chi connectivity index (χ1) is 21.0. The number of ether oxygens (including phenoxy) is 2. The van der Waals surface area contributed by atoms with Crippen molar-refractivity contribution in [2.45, 2.75) is 30.4 Å². The van der Waals surface area contributed by atoms with Crippen LogP contribution >= 0.6 is 23.1 Å². The molecule has 1 spiro atoms. The van der Waals surface area contributed by atoms with Crippen LogP contribution in [-0.2, 0) is 20.9 Å². The van der Waals surface area contributed by atoms with Crippen LogP contribution in [-0.4, -0.2) is 62.7 Å². The zero-order valence-electron chi connectivity index (χ0n) is 23.1. The number of carbonyl (C=O) groups is 3. The molecule has 4 aromatic rings. The van der Waals surface area contributed by atoms with Gasteiger partial charge in [0.1, 0.15) is 12.6 Å². The van der Waals surface area contributed by atoms with E-state index in [9.17, 15) is 14.4 Å². The number of aromatic nitrogens is 2. The van der Waals surface area contributed by atoms with Gasteiger partial charge in [0.25, 0.3) is 5.91 Å². The van der Waals surface area contributed by atoms with E-state index in [0.29, 0.717) is 53.9 Å². The first-order valence-electron chi connectivity index (χ1n) is 13.8. The summed E-state index contributed by atoms with van der Waals surface area (Å²) < 4.78 is 11.3. The maximum atomic E-state index is 13.6. The Morgan fingerprint density at radius 2 is 1.79 bits per heavy atom. The van der Waals surface area contributed by atoms with Crippen LogP contribution in [0, 0.1) is 0 Å². The van der Waals surface area contributed by atoms with Gasteiger partial charge in [-0.25, -0.2) is 9.78 Å². The Morgan fingerprint density at radius 1 is 1.00 bits per heavy atom. The summed E-state index contributed by atoms with van der Waals surface area (Å²) in [6.07, 6.45) is 3.96. The molecule has 0 radical (unpaired) electrons. The van der Waals surface area contributed by atoms with Gasteiger partial charge in [-0.15, -0.1) is 23.1 Å². The minimum absolute atomic E-state index is 0.126. The molecule has 2 fully saturated rings. The third kappa shape index (κ3) is 6.56. The molecule has 0 saturated carbocycles. The predicted molar refractivity (Wildman–Crippen MR) is 166 cm³/mol. The number of anilines is 2. The highest BCUT2D eigenvalue weighted by atomic mass is 32.2. The first-order valence-corrected chi connectivity index (χ1v) is 15.7. The van der Waals surface area contributed by atoms with E-state index >= 15 is 0 Å². The van der Waals surface area contributed by atoms with Gasteiger partial charge in [-0.3, -0.25) is 19.5 Å². The molecule has 2 saturated heterocycles. The lowest BCUT2D eigenvalue weighted by Gasteiger charge is -2.41. The second-order valence-corrected chi connectivity index (χ2v) is 12.3. The summed E-state index contributed by atoms with van der Waals surface area (Å²) >= 11 is 2.91. The predicted octanol–water partition coefficient (Wildman–Crippen LogP) is 5.66. The van der Waals surface area contributed by atoms with E-state index < -0.39 is 17.0 Å². The molecule has 1 atom stereocenters. The van der Waals surface area contributed by atoms with Gasteiger partial charge < -0.3 is 20.1 Å². The normalized spacial score (nSPS) is 17.4. The number of thioether (sulfide) groups is 1. The SMILES string of the molecule is O=C(Nc1cccnc1)c1ccc(-c2csc(NC(=O)C3CSC4(CCOCC4)N3C(=O)OCc3ccccc3)n2)cc1. The fourth-order valence-corrected chi connectivity index (χ4v) is 7.39. The van der Waals surface area contributed by atoms with Crippen molar-refractivity contribution >= 4 is 51.8 Å². The van der Waals surface area contributed by atoms with Crippen LogP contribution in [0.4, 0.5) is 15.6 Å². The average Bonchev–Trinajstić information content (AvgIpc) is 3.66. The quantitative estimate of drug-likeness (QED) is 0.273. The number of carbonyl (C=O) groups excluding carboxylic acids is 3.